The number of carbonyl (C=O) groups is 2. The van der Waals surface area contributed by atoms with Crippen LogP contribution >= 0.6 is 0 Å². The first-order valence-electron chi connectivity index (χ1n) is 7.06. The lowest BCUT2D eigenvalue weighted by molar-refractivity contribution is -0.146. The van der Waals surface area contributed by atoms with Crippen molar-refractivity contribution in [1.29, 1.82) is 0 Å². The van der Waals surface area contributed by atoms with Crippen LogP contribution in [0.4, 0.5) is 5.69 Å². The number of rotatable bonds is 3. The number of anilines is 1. The van der Waals surface area contributed by atoms with Gasteiger partial charge in [0.25, 0.3) is 0 Å². The largest absolute Gasteiger partial charge is 0.495 e. The number of aryl methyl sites for hydroxylation is 1. The minimum atomic E-state index is -0.862. The molecule has 0 spiro atoms. The highest BCUT2D eigenvalue weighted by atomic mass is 16.5. The molecule has 2 rings (SSSR count). The van der Waals surface area contributed by atoms with Gasteiger partial charge in [-0.1, -0.05) is 13.0 Å². The van der Waals surface area contributed by atoms with Gasteiger partial charge in [0.05, 0.1) is 18.7 Å². The van der Waals surface area contributed by atoms with Crippen LogP contribution in [0.15, 0.2) is 18.2 Å². The second-order valence-electron chi connectivity index (χ2n) is 5.73. The Balaban J connectivity index is 2.48. The molecule has 5 heteroatoms. The van der Waals surface area contributed by atoms with Gasteiger partial charge in [-0.15, -0.1) is 0 Å². The molecule has 0 saturated carbocycles. The minimum Gasteiger partial charge on any atom is -0.495 e. The molecule has 1 aromatic rings. The van der Waals surface area contributed by atoms with Gasteiger partial charge in [-0.25, -0.2) is 0 Å². The first-order valence-corrected chi connectivity index (χ1v) is 7.06. The van der Waals surface area contributed by atoms with E-state index >= 15 is 0 Å². The molecule has 3 atom stereocenters. The van der Waals surface area contributed by atoms with E-state index in [9.17, 15) is 14.7 Å². The summed E-state index contributed by atoms with van der Waals surface area (Å²) in [5.74, 6) is -1.08. The highest BCUT2D eigenvalue weighted by molar-refractivity contribution is 5.98. The van der Waals surface area contributed by atoms with Crippen LogP contribution in [0.3, 0.4) is 0 Å². The fourth-order valence-corrected chi connectivity index (χ4v) is 3.16. The number of aliphatic carboxylic acids is 1. The molecule has 1 heterocycles. The number of piperidine rings is 1. The van der Waals surface area contributed by atoms with Gasteiger partial charge in [-0.3, -0.25) is 9.59 Å². The lowest BCUT2D eigenvalue weighted by atomic mass is 9.80. The number of carbonyl (C=O) groups excluding carboxylic acids is 1. The van der Waals surface area contributed by atoms with Crippen LogP contribution in [-0.4, -0.2) is 30.1 Å². The SMILES string of the molecule is COc1ccc(C)cc1N1C(=O)CC(C)C(C(=O)O)C1C. The van der Waals surface area contributed by atoms with E-state index < -0.39 is 17.9 Å². The van der Waals surface area contributed by atoms with Crippen LogP contribution in [0, 0.1) is 18.8 Å². The molecule has 3 unspecified atom stereocenters. The number of nitrogens with zero attached hydrogens (tertiary/aromatic N) is 1. The summed E-state index contributed by atoms with van der Waals surface area (Å²) in [6.07, 6.45) is 0.235. The average molecular weight is 291 g/mol. The molecule has 1 saturated heterocycles. The maximum atomic E-state index is 12.4. The molecule has 1 fully saturated rings. The molecule has 5 nitrogen and oxygen atoms in total. The van der Waals surface area contributed by atoms with Gasteiger partial charge in [0, 0.05) is 12.5 Å². The topological polar surface area (TPSA) is 66.8 Å². The monoisotopic (exact) mass is 291 g/mol. The molecule has 1 N–H and O–H groups in total. The Morgan fingerprint density at radius 2 is 2.05 bits per heavy atom. The van der Waals surface area contributed by atoms with E-state index in [-0.39, 0.29) is 18.2 Å². The molecule has 21 heavy (non-hydrogen) atoms. The van der Waals surface area contributed by atoms with Crippen LogP contribution in [-0.2, 0) is 9.59 Å². The zero-order valence-corrected chi connectivity index (χ0v) is 12.8. The van der Waals surface area contributed by atoms with Gasteiger partial charge in [0.15, 0.2) is 0 Å². The molecular weight excluding hydrogens is 270 g/mol. The van der Waals surface area contributed by atoms with Crippen molar-refractivity contribution < 1.29 is 19.4 Å². The molecule has 1 aliphatic rings. The minimum absolute atomic E-state index is 0.0589. The molecule has 114 valence electrons. The summed E-state index contributed by atoms with van der Waals surface area (Å²) in [5.41, 5.74) is 1.64. The smallest absolute Gasteiger partial charge is 0.308 e. The van der Waals surface area contributed by atoms with Gasteiger partial charge in [-0.2, -0.15) is 0 Å². The maximum Gasteiger partial charge on any atom is 0.308 e. The Morgan fingerprint density at radius 3 is 2.62 bits per heavy atom. The lowest BCUT2D eigenvalue weighted by Gasteiger charge is -2.41. The summed E-state index contributed by atoms with van der Waals surface area (Å²) >= 11 is 0. The number of ether oxygens (including phenoxy) is 1. The fraction of sp³-hybridized carbons (Fsp3) is 0.500. The number of amides is 1. The molecule has 0 radical (unpaired) electrons. The molecule has 0 bridgehead atoms. The number of hydrogen-bond acceptors (Lipinski definition) is 3. The van der Waals surface area contributed by atoms with Crippen LogP contribution in [0.25, 0.3) is 0 Å². The predicted molar refractivity (Wildman–Crippen MR) is 79.6 cm³/mol. The summed E-state index contributed by atoms with van der Waals surface area (Å²) in [5, 5.41) is 9.44. The Morgan fingerprint density at radius 1 is 1.38 bits per heavy atom. The van der Waals surface area contributed by atoms with Gasteiger partial charge < -0.3 is 14.7 Å². The zero-order chi connectivity index (χ0) is 15.7. The summed E-state index contributed by atoms with van der Waals surface area (Å²) < 4.78 is 5.33. The van der Waals surface area contributed by atoms with Crippen LogP contribution in [0.1, 0.15) is 25.8 Å². The standard InChI is InChI=1S/C16H21NO4/c1-9-5-6-13(21-4)12(7-9)17-11(3)15(16(19)20)10(2)8-14(17)18/h5-7,10-11,15H,8H2,1-4H3,(H,19,20). The van der Waals surface area contributed by atoms with Crippen molar-refractivity contribution >= 4 is 17.6 Å². The van der Waals surface area contributed by atoms with Crippen molar-refractivity contribution in [1.82, 2.24) is 0 Å². The predicted octanol–water partition coefficient (Wildman–Crippen LogP) is 2.47. The Hall–Kier alpha value is -2.04. The van der Waals surface area contributed by atoms with E-state index in [0.29, 0.717) is 11.4 Å². The number of hydrogen-bond donors (Lipinski definition) is 1. The van der Waals surface area contributed by atoms with E-state index in [2.05, 4.69) is 0 Å². The molecule has 0 aromatic heterocycles. The Labute approximate surface area is 124 Å². The third kappa shape index (κ3) is 2.73. The van der Waals surface area contributed by atoms with E-state index in [0.717, 1.165) is 5.56 Å². The molecule has 1 aliphatic heterocycles. The van der Waals surface area contributed by atoms with Crippen molar-refractivity contribution in [2.75, 3.05) is 12.0 Å². The number of carboxylic acid groups (broad SMARTS) is 1. The van der Waals surface area contributed by atoms with Gasteiger partial charge >= 0.3 is 5.97 Å². The van der Waals surface area contributed by atoms with Crippen molar-refractivity contribution in [3.05, 3.63) is 23.8 Å². The lowest BCUT2D eigenvalue weighted by Crippen LogP contribution is -2.53. The van der Waals surface area contributed by atoms with E-state index in [4.69, 9.17) is 4.74 Å². The molecule has 0 aliphatic carbocycles. The Bertz CT molecular complexity index is 569. The maximum absolute atomic E-state index is 12.4. The van der Waals surface area contributed by atoms with Crippen molar-refractivity contribution in [2.45, 2.75) is 33.2 Å². The van der Waals surface area contributed by atoms with Gasteiger partial charge in [0.2, 0.25) is 5.91 Å². The second kappa shape index (κ2) is 5.76. The van der Waals surface area contributed by atoms with E-state index in [1.807, 2.05) is 26.0 Å². The van der Waals surface area contributed by atoms with E-state index in [1.54, 1.807) is 25.0 Å². The van der Waals surface area contributed by atoms with Crippen LogP contribution < -0.4 is 9.64 Å². The summed E-state index contributed by atoms with van der Waals surface area (Å²) in [6.45, 7) is 5.53. The van der Waals surface area contributed by atoms with Crippen molar-refractivity contribution in [2.24, 2.45) is 11.8 Å². The quantitative estimate of drug-likeness (QED) is 0.929. The highest BCUT2D eigenvalue weighted by Gasteiger charge is 2.43. The van der Waals surface area contributed by atoms with E-state index in [1.165, 1.54) is 0 Å². The average Bonchev–Trinajstić information content (AvgIpc) is 2.37. The summed E-state index contributed by atoms with van der Waals surface area (Å²) in [6, 6.07) is 5.16. The number of benzene rings is 1. The van der Waals surface area contributed by atoms with Crippen molar-refractivity contribution in [3.63, 3.8) is 0 Å². The van der Waals surface area contributed by atoms with Crippen LogP contribution in [0.2, 0.25) is 0 Å². The second-order valence-corrected chi connectivity index (χ2v) is 5.73. The van der Waals surface area contributed by atoms with Gasteiger partial charge in [-0.05, 0) is 37.5 Å². The summed E-state index contributed by atoms with van der Waals surface area (Å²) in [7, 11) is 1.55. The first-order chi connectivity index (χ1) is 9.86. The fourth-order valence-electron chi connectivity index (χ4n) is 3.16. The Kier molecular flexibility index (Phi) is 4.21. The molecule has 1 amide bonds. The molecular formula is C16H21NO4. The van der Waals surface area contributed by atoms with Gasteiger partial charge in [0.1, 0.15) is 5.75 Å². The third-order valence-corrected chi connectivity index (χ3v) is 4.18. The van der Waals surface area contributed by atoms with Crippen LogP contribution in [0.5, 0.6) is 5.75 Å². The number of carboxylic acids is 1. The first kappa shape index (κ1) is 15.4. The number of methoxy groups -OCH3 is 1. The molecule has 1 aromatic carbocycles. The summed E-state index contributed by atoms with van der Waals surface area (Å²) in [4.78, 5) is 25.5. The highest BCUT2D eigenvalue weighted by Crippen LogP contribution is 2.38. The zero-order valence-electron chi connectivity index (χ0n) is 12.8. The normalized spacial score (nSPS) is 25.8. The third-order valence-electron chi connectivity index (χ3n) is 4.18. The van der Waals surface area contributed by atoms with Crippen molar-refractivity contribution in [3.8, 4) is 5.75 Å².